The smallest absolute Gasteiger partial charge is 0.326 e. The first-order valence-corrected chi connectivity index (χ1v) is 22.7. The molecule has 15 nitrogen and oxygen atoms in total. The van der Waals surface area contributed by atoms with Gasteiger partial charge < -0.3 is 39.4 Å². The fraction of sp³-hybridized carbons (Fsp3) is 0.283. The van der Waals surface area contributed by atoms with E-state index in [1.54, 1.807) is 48.8 Å². The molecule has 5 N–H and O–H groups in total. The number of aliphatic carboxylic acids is 2. The summed E-state index contributed by atoms with van der Waals surface area (Å²) in [6.45, 7) is 5.97. The van der Waals surface area contributed by atoms with Gasteiger partial charge in [0.05, 0.1) is 39.8 Å². The van der Waals surface area contributed by atoms with E-state index in [1.807, 2.05) is 50.2 Å². The third kappa shape index (κ3) is 12.7. The van der Waals surface area contributed by atoms with E-state index in [1.165, 1.54) is 26.2 Å². The lowest BCUT2D eigenvalue weighted by atomic mass is 9.85. The normalized spacial score (nSPS) is 12.7. The highest BCUT2D eigenvalue weighted by Gasteiger charge is 2.33. The average molecular weight is 989 g/mol. The minimum Gasteiger partial charge on any atom is -0.488 e. The van der Waals surface area contributed by atoms with E-state index in [0.29, 0.717) is 56.4 Å². The molecule has 0 fully saturated rings. The fourth-order valence-corrected chi connectivity index (χ4v) is 7.76. The zero-order valence-electron chi connectivity index (χ0n) is 38.9. The van der Waals surface area contributed by atoms with E-state index in [9.17, 15) is 40.5 Å². The number of hydrogen-bond donors (Lipinski definition) is 5. The number of aryl methyl sites for hydroxylation is 1. The van der Waals surface area contributed by atoms with Crippen molar-refractivity contribution in [2.45, 2.75) is 79.0 Å². The van der Waals surface area contributed by atoms with Crippen LogP contribution < -0.4 is 24.3 Å². The van der Waals surface area contributed by atoms with E-state index in [2.05, 4.69) is 27.4 Å². The molecule has 0 aliphatic heterocycles. The van der Waals surface area contributed by atoms with Gasteiger partial charge in [0, 0.05) is 60.2 Å². The number of nitrogens with zero attached hydrogens (tertiary/aromatic N) is 4. The van der Waals surface area contributed by atoms with Crippen LogP contribution in [0.15, 0.2) is 97.6 Å². The second-order valence-electron chi connectivity index (χ2n) is 17.2. The summed E-state index contributed by atoms with van der Waals surface area (Å²) < 4.78 is 25.1. The molecule has 362 valence electrons. The molecule has 0 bridgehead atoms. The Morgan fingerprint density at radius 3 is 1.54 bits per heavy atom. The summed E-state index contributed by atoms with van der Waals surface area (Å²) in [4.78, 5) is 32.1. The number of carboxylic acids is 2. The van der Waals surface area contributed by atoms with Gasteiger partial charge in [-0.05, 0) is 104 Å². The number of benzene rings is 4. The average Bonchev–Trinajstić information content (AvgIpc) is 3.36. The van der Waals surface area contributed by atoms with Crippen molar-refractivity contribution in [2.24, 2.45) is 5.41 Å². The molecule has 0 aliphatic carbocycles. The van der Waals surface area contributed by atoms with E-state index >= 15 is 0 Å². The molecule has 70 heavy (non-hydrogen) atoms. The Bertz CT molecular complexity index is 2780. The van der Waals surface area contributed by atoms with Gasteiger partial charge in [0.2, 0.25) is 0 Å². The third-order valence-electron chi connectivity index (χ3n) is 12.1. The van der Waals surface area contributed by atoms with Crippen molar-refractivity contribution < 1.29 is 49.0 Å². The van der Waals surface area contributed by atoms with E-state index < -0.39 is 36.1 Å². The standard InChI is InChI=1S/C53H51Cl2N5O10/c1-32-39(28-69-48-17-46(67-26-36-13-34(19-56)21-58-23-36)38(15-44(48)54)11-12-52(3,30-61)50(63)64)7-5-9-42(32)43-10-6-8-40(33(43)2)29-70-49-18-47(68-27-37-14-35(20-57)22-59-24-37)41(16-45(49)55)25-60-53(4,31-62)51(65)66/h5-10,13-18,21-24,60-62H,11-12,25-31H2,1-4H3,(H,63,64)(H,65,66). The van der Waals surface area contributed by atoms with E-state index in [4.69, 9.17) is 42.1 Å². The maximum atomic E-state index is 12.0. The summed E-state index contributed by atoms with van der Waals surface area (Å²) in [5.74, 6) is -0.993. The SMILES string of the molecule is Cc1c(COc2cc(OCc3cncc(C#N)c3)c(CCC(C)(CO)C(=O)O)cc2Cl)cccc1-c1cccc(COc2cc(OCc3cncc(C#N)c3)c(CNC(C)(CO)C(=O)O)cc2Cl)c1C. The number of carbonyl (C=O) groups is 2. The number of rotatable bonds is 23. The molecular weight excluding hydrogens is 938 g/mol. The van der Waals surface area contributed by atoms with Gasteiger partial charge in [-0.2, -0.15) is 10.5 Å². The molecule has 0 saturated carbocycles. The quantitative estimate of drug-likeness (QED) is 0.0402. The van der Waals surface area contributed by atoms with Crippen LogP contribution in [-0.2, 0) is 49.0 Å². The van der Waals surface area contributed by atoms with Crippen molar-refractivity contribution in [3.63, 3.8) is 0 Å². The number of carboxylic acid groups (broad SMARTS) is 2. The number of aliphatic hydroxyl groups excluding tert-OH is 2. The molecule has 2 atom stereocenters. The van der Waals surface area contributed by atoms with Crippen molar-refractivity contribution in [3.05, 3.63) is 163 Å². The Morgan fingerprint density at radius 2 is 1.10 bits per heavy atom. The summed E-state index contributed by atoms with van der Waals surface area (Å²) in [7, 11) is 0. The predicted octanol–water partition coefficient (Wildman–Crippen LogP) is 9.07. The van der Waals surface area contributed by atoms with Crippen LogP contribution in [0.2, 0.25) is 10.0 Å². The van der Waals surface area contributed by atoms with Gasteiger partial charge in [-0.15, -0.1) is 0 Å². The summed E-state index contributed by atoms with van der Waals surface area (Å²) in [5.41, 5.74) is 5.69. The van der Waals surface area contributed by atoms with Crippen LogP contribution in [0.25, 0.3) is 11.1 Å². The minimum absolute atomic E-state index is 0.0189. The largest absolute Gasteiger partial charge is 0.488 e. The highest BCUT2D eigenvalue weighted by atomic mass is 35.5. The molecule has 2 unspecified atom stereocenters. The van der Waals surface area contributed by atoms with Crippen LogP contribution in [0.3, 0.4) is 0 Å². The first-order chi connectivity index (χ1) is 33.5. The number of halogens is 2. The van der Waals surface area contributed by atoms with Crippen LogP contribution >= 0.6 is 23.2 Å². The molecule has 0 saturated heterocycles. The Labute approximate surface area is 415 Å². The van der Waals surface area contributed by atoms with Crippen LogP contribution in [-0.4, -0.2) is 61.1 Å². The zero-order chi connectivity index (χ0) is 50.6. The van der Waals surface area contributed by atoms with Crippen molar-refractivity contribution in [1.29, 1.82) is 10.5 Å². The summed E-state index contributed by atoms with van der Waals surface area (Å²) in [6.07, 6.45) is 6.38. The maximum absolute atomic E-state index is 12.0. The molecule has 2 aromatic heterocycles. The molecule has 0 amide bonds. The minimum atomic E-state index is -1.64. The maximum Gasteiger partial charge on any atom is 0.326 e. The first kappa shape index (κ1) is 52.1. The number of pyridine rings is 2. The Hall–Kier alpha value is -7.24. The Kier molecular flexibility index (Phi) is 17.4. The second-order valence-corrected chi connectivity index (χ2v) is 18.0. The summed E-state index contributed by atoms with van der Waals surface area (Å²) in [6, 6.07) is 25.8. The van der Waals surface area contributed by atoms with Gasteiger partial charge in [0.25, 0.3) is 0 Å². The summed E-state index contributed by atoms with van der Waals surface area (Å²) >= 11 is 13.6. The highest BCUT2D eigenvalue weighted by Crippen LogP contribution is 2.39. The number of nitrogens with one attached hydrogen (secondary N) is 1. The van der Waals surface area contributed by atoms with Gasteiger partial charge in [0.1, 0.15) is 67.1 Å². The lowest BCUT2D eigenvalue weighted by molar-refractivity contribution is -0.150. The fourth-order valence-electron chi connectivity index (χ4n) is 7.28. The highest BCUT2D eigenvalue weighted by molar-refractivity contribution is 6.32. The predicted molar refractivity (Wildman–Crippen MR) is 261 cm³/mol. The van der Waals surface area contributed by atoms with Gasteiger partial charge in [-0.3, -0.25) is 24.9 Å². The Morgan fingerprint density at radius 1 is 0.629 bits per heavy atom. The molecule has 6 rings (SSSR count). The first-order valence-electron chi connectivity index (χ1n) is 22.0. The zero-order valence-corrected chi connectivity index (χ0v) is 40.4. The number of nitriles is 2. The van der Waals surface area contributed by atoms with Gasteiger partial charge >= 0.3 is 11.9 Å². The van der Waals surface area contributed by atoms with Crippen LogP contribution in [0.4, 0.5) is 0 Å². The lowest BCUT2D eigenvalue weighted by Gasteiger charge is -2.25. The third-order valence-corrected chi connectivity index (χ3v) is 12.7. The molecule has 0 spiro atoms. The number of aliphatic hydroxyl groups is 2. The molecule has 0 radical (unpaired) electrons. The lowest BCUT2D eigenvalue weighted by Crippen LogP contribution is -2.52. The molecular formula is C53H51Cl2N5O10. The second kappa shape index (κ2) is 23.4. The number of hydrogen-bond acceptors (Lipinski definition) is 13. The molecule has 4 aromatic carbocycles. The monoisotopic (exact) mass is 987 g/mol. The molecule has 0 aliphatic rings. The van der Waals surface area contributed by atoms with Crippen molar-refractivity contribution in [1.82, 2.24) is 15.3 Å². The molecule has 2 heterocycles. The van der Waals surface area contributed by atoms with Gasteiger partial charge in [-0.1, -0.05) is 59.6 Å². The molecule has 6 aromatic rings. The van der Waals surface area contributed by atoms with Crippen LogP contribution in [0.1, 0.15) is 75.9 Å². The van der Waals surface area contributed by atoms with Gasteiger partial charge in [0.15, 0.2) is 0 Å². The van der Waals surface area contributed by atoms with Gasteiger partial charge in [-0.25, -0.2) is 0 Å². The van der Waals surface area contributed by atoms with Crippen molar-refractivity contribution in [3.8, 4) is 46.3 Å². The Balaban J connectivity index is 1.22. The summed E-state index contributed by atoms with van der Waals surface area (Å²) in [5, 5.41) is 61.4. The van der Waals surface area contributed by atoms with Crippen molar-refractivity contribution in [2.75, 3.05) is 13.2 Å². The van der Waals surface area contributed by atoms with Crippen LogP contribution in [0.5, 0.6) is 23.0 Å². The van der Waals surface area contributed by atoms with Crippen LogP contribution in [0, 0.1) is 41.9 Å². The number of ether oxygens (including phenoxy) is 4. The van der Waals surface area contributed by atoms with E-state index in [-0.39, 0.29) is 55.9 Å². The van der Waals surface area contributed by atoms with E-state index in [0.717, 1.165) is 33.4 Å². The number of aromatic nitrogens is 2. The van der Waals surface area contributed by atoms with Crippen molar-refractivity contribution >= 4 is 35.1 Å². The topological polar surface area (TPSA) is 237 Å². The molecule has 17 heteroatoms.